The smallest absolute Gasteiger partial charge is 0.271 e. The number of rotatable bonds is 6. The molecular formula is C15H14FN3O5S. The number of benzene rings is 2. The number of carbonyl (C=O) groups excluding carboxylic acids is 1. The molecule has 0 spiro atoms. The highest BCUT2D eigenvalue weighted by atomic mass is 32.2. The van der Waals surface area contributed by atoms with Crippen molar-refractivity contribution in [2.75, 3.05) is 18.9 Å². The van der Waals surface area contributed by atoms with Crippen LogP contribution in [0.3, 0.4) is 0 Å². The van der Waals surface area contributed by atoms with E-state index in [1.54, 1.807) is 18.2 Å². The van der Waals surface area contributed by atoms with Crippen molar-refractivity contribution in [2.45, 2.75) is 4.90 Å². The van der Waals surface area contributed by atoms with Crippen molar-refractivity contribution in [1.82, 2.24) is 4.31 Å². The predicted octanol–water partition coefficient (Wildman–Crippen LogP) is 1.99. The fourth-order valence-electron chi connectivity index (χ4n) is 1.97. The lowest BCUT2D eigenvalue weighted by Crippen LogP contribution is -2.35. The fourth-order valence-corrected chi connectivity index (χ4v) is 3.12. The second kappa shape index (κ2) is 7.36. The van der Waals surface area contributed by atoms with Crippen molar-refractivity contribution in [1.29, 1.82) is 0 Å². The van der Waals surface area contributed by atoms with Crippen LogP contribution in [0.5, 0.6) is 0 Å². The van der Waals surface area contributed by atoms with Gasteiger partial charge in [0.05, 0.1) is 22.1 Å². The molecule has 0 unspecified atom stereocenters. The van der Waals surface area contributed by atoms with E-state index in [1.165, 1.54) is 19.2 Å². The number of nitrogens with zero attached hydrogens (tertiary/aromatic N) is 2. The molecular weight excluding hydrogens is 353 g/mol. The number of amides is 1. The minimum Gasteiger partial charge on any atom is -0.322 e. The Hall–Kier alpha value is -2.85. The summed E-state index contributed by atoms with van der Waals surface area (Å²) in [7, 11) is -2.69. The van der Waals surface area contributed by atoms with Crippen LogP contribution >= 0.6 is 0 Å². The maximum atomic E-state index is 13.7. The summed E-state index contributed by atoms with van der Waals surface area (Å²) in [5.41, 5.74) is -0.799. The van der Waals surface area contributed by atoms with E-state index < -0.39 is 44.6 Å². The number of nitro benzene ring substituents is 1. The van der Waals surface area contributed by atoms with E-state index in [-0.39, 0.29) is 4.90 Å². The Labute approximate surface area is 143 Å². The Balaban J connectivity index is 2.13. The van der Waals surface area contributed by atoms with E-state index in [1.807, 2.05) is 0 Å². The van der Waals surface area contributed by atoms with E-state index in [0.717, 1.165) is 22.5 Å². The van der Waals surface area contributed by atoms with Crippen LogP contribution in [0, 0.1) is 15.9 Å². The van der Waals surface area contributed by atoms with Gasteiger partial charge in [0.25, 0.3) is 5.69 Å². The molecule has 0 heterocycles. The van der Waals surface area contributed by atoms with Gasteiger partial charge in [0.15, 0.2) is 0 Å². The highest BCUT2D eigenvalue weighted by Gasteiger charge is 2.23. The van der Waals surface area contributed by atoms with Crippen molar-refractivity contribution in [3.05, 3.63) is 64.5 Å². The summed E-state index contributed by atoms with van der Waals surface area (Å²) in [4.78, 5) is 22.0. The maximum Gasteiger partial charge on any atom is 0.271 e. The van der Waals surface area contributed by atoms with E-state index in [4.69, 9.17) is 0 Å². The number of non-ortho nitro benzene ring substituents is 1. The summed E-state index contributed by atoms with van der Waals surface area (Å²) in [5, 5.41) is 12.8. The molecule has 0 aliphatic heterocycles. The second-order valence-electron chi connectivity index (χ2n) is 5.04. The average molecular weight is 367 g/mol. The average Bonchev–Trinajstić information content (AvgIpc) is 2.57. The molecule has 0 saturated heterocycles. The van der Waals surface area contributed by atoms with E-state index >= 15 is 0 Å². The summed E-state index contributed by atoms with van der Waals surface area (Å²) >= 11 is 0. The molecule has 0 aliphatic carbocycles. The van der Waals surface area contributed by atoms with Crippen LogP contribution < -0.4 is 5.32 Å². The Kier molecular flexibility index (Phi) is 5.45. The number of nitro groups is 1. The number of sulfonamides is 1. The van der Waals surface area contributed by atoms with Gasteiger partial charge in [0.2, 0.25) is 15.9 Å². The minimum atomic E-state index is -3.89. The van der Waals surface area contributed by atoms with Crippen molar-refractivity contribution >= 4 is 27.3 Å². The Morgan fingerprint density at radius 2 is 1.88 bits per heavy atom. The molecule has 2 aromatic rings. The van der Waals surface area contributed by atoms with Crippen molar-refractivity contribution in [2.24, 2.45) is 0 Å². The predicted molar refractivity (Wildman–Crippen MR) is 87.9 cm³/mol. The number of carbonyl (C=O) groups is 1. The van der Waals surface area contributed by atoms with Crippen LogP contribution in [0.1, 0.15) is 0 Å². The third-order valence-electron chi connectivity index (χ3n) is 3.25. The molecule has 1 amide bonds. The topological polar surface area (TPSA) is 110 Å². The van der Waals surface area contributed by atoms with E-state index in [2.05, 4.69) is 5.32 Å². The number of hydrogen-bond acceptors (Lipinski definition) is 5. The minimum absolute atomic E-state index is 0.00632. The van der Waals surface area contributed by atoms with Gasteiger partial charge in [-0.2, -0.15) is 4.31 Å². The molecule has 8 nitrogen and oxygen atoms in total. The molecule has 0 saturated carbocycles. The molecule has 2 aromatic carbocycles. The molecule has 0 aliphatic rings. The molecule has 132 valence electrons. The monoisotopic (exact) mass is 367 g/mol. The van der Waals surface area contributed by atoms with Gasteiger partial charge in [-0.1, -0.05) is 18.2 Å². The largest absolute Gasteiger partial charge is 0.322 e. The van der Waals surface area contributed by atoms with Crippen LogP contribution in [0.4, 0.5) is 15.8 Å². The van der Waals surface area contributed by atoms with Crippen LogP contribution in [0.15, 0.2) is 53.4 Å². The van der Waals surface area contributed by atoms with Crippen molar-refractivity contribution < 1.29 is 22.5 Å². The molecule has 0 radical (unpaired) electrons. The fraction of sp³-hybridized carbons (Fsp3) is 0.133. The molecule has 10 heteroatoms. The molecule has 1 N–H and O–H groups in total. The van der Waals surface area contributed by atoms with Crippen molar-refractivity contribution in [3.8, 4) is 0 Å². The summed E-state index contributed by atoms with van der Waals surface area (Å²) in [6, 6.07) is 10.2. The summed E-state index contributed by atoms with van der Waals surface area (Å²) in [5.74, 6) is -1.70. The standard InChI is InChI=1S/C15H14FN3O5S/c1-18(25(23,24)12-5-3-2-4-6-12)10-15(20)17-14-9-11(19(21)22)7-8-13(14)16/h2-9H,10H2,1H3,(H,17,20). The zero-order chi connectivity index (χ0) is 18.6. The van der Waals surface area contributed by atoms with Gasteiger partial charge in [0, 0.05) is 19.2 Å². The number of halogens is 1. The van der Waals surface area contributed by atoms with Gasteiger partial charge < -0.3 is 5.32 Å². The molecule has 0 atom stereocenters. The van der Waals surface area contributed by atoms with Crippen LogP contribution in [0.25, 0.3) is 0 Å². The van der Waals surface area contributed by atoms with Gasteiger partial charge in [-0.05, 0) is 18.2 Å². The first kappa shape index (κ1) is 18.5. The lowest BCUT2D eigenvalue weighted by atomic mass is 10.2. The quantitative estimate of drug-likeness (QED) is 0.620. The lowest BCUT2D eigenvalue weighted by molar-refractivity contribution is -0.384. The number of nitrogens with one attached hydrogen (secondary N) is 1. The maximum absolute atomic E-state index is 13.7. The number of likely N-dealkylation sites (N-methyl/N-ethyl adjacent to an activating group) is 1. The number of hydrogen-bond donors (Lipinski definition) is 1. The Morgan fingerprint density at radius 3 is 2.48 bits per heavy atom. The Morgan fingerprint density at radius 1 is 1.24 bits per heavy atom. The van der Waals surface area contributed by atoms with Crippen molar-refractivity contribution in [3.63, 3.8) is 0 Å². The summed E-state index contributed by atoms with van der Waals surface area (Å²) in [6.07, 6.45) is 0. The van der Waals surface area contributed by atoms with Gasteiger partial charge in [-0.25, -0.2) is 12.8 Å². The van der Waals surface area contributed by atoms with Gasteiger partial charge in [0.1, 0.15) is 5.82 Å². The number of anilines is 1. The highest BCUT2D eigenvalue weighted by molar-refractivity contribution is 7.89. The lowest BCUT2D eigenvalue weighted by Gasteiger charge is -2.17. The first-order valence-corrected chi connectivity index (χ1v) is 8.41. The first-order valence-electron chi connectivity index (χ1n) is 6.97. The molecule has 0 aromatic heterocycles. The highest BCUT2D eigenvalue weighted by Crippen LogP contribution is 2.21. The van der Waals surface area contributed by atoms with E-state index in [0.29, 0.717) is 0 Å². The molecule has 25 heavy (non-hydrogen) atoms. The van der Waals surface area contributed by atoms with Crippen LogP contribution in [-0.4, -0.2) is 37.1 Å². The molecule has 0 bridgehead atoms. The van der Waals surface area contributed by atoms with Crippen LogP contribution in [0.2, 0.25) is 0 Å². The van der Waals surface area contributed by atoms with Gasteiger partial charge in [-0.15, -0.1) is 0 Å². The van der Waals surface area contributed by atoms with Gasteiger partial charge >= 0.3 is 0 Å². The summed E-state index contributed by atoms with van der Waals surface area (Å²) in [6.45, 7) is -0.584. The first-order chi connectivity index (χ1) is 11.7. The normalized spacial score (nSPS) is 11.3. The van der Waals surface area contributed by atoms with E-state index in [9.17, 15) is 27.7 Å². The third kappa shape index (κ3) is 4.37. The SMILES string of the molecule is CN(CC(=O)Nc1cc([N+](=O)[O-])ccc1F)S(=O)(=O)c1ccccc1. The zero-order valence-electron chi connectivity index (χ0n) is 13.0. The third-order valence-corrected chi connectivity index (χ3v) is 5.07. The van der Waals surface area contributed by atoms with Crippen LogP contribution in [-0.2, 0) is 14.8 Å². The molecule has 0 fully saturated rings. The molecule has 2 rings (SSSR count). The second-order valence-corrected chi connectivity index (χ2v) is 7.09. The zero-order valence-corrected chi connectivity index (χ0v) is 13.9. The Bertz CT molecular complexity index is 903. The summed E-state index contributed by atoms with van der Waals surface area (Å²) < 4.78 is 39.1. The van der Waals surface area contributed by atoms with Gasteiger partial charge in [-0.3, -0.25) is 14.9 Å².